The molecule has 1 unspecified atom stereocenters. The number of fused-ring (bicyclic) bond motifs is 1. The monoisotopic (exact) mass is 419 g/mol. The van der Waals surface area contributed by atoms with E-state index in [1.165, 1.54) is 12.0 Å². The second-order valence-corrected chi connectivity index (χ2v) is 9.42. The predicted molar refractivity (Wildman–Crippen MR) is 115 cm³/mol. The molecule has 1 aliphatic rings. The molecule has 1 N–H and O–H groups in total. The lowest BCUT2D eigenvalue weighted by Gasteiger charge is -2.32. The van der Waals surface area contributed by atoms with Gasteiger partial charge in [-0.3, -0.25) is 4.79 Å². The van der Waals surface area contributed by atoms with Crippen molar-refractivity contribution in [3.8, 4) is 11.5 Å². The normalized spacial score (nSPS) is 16.1. The van der Waals surface area contributed by atoms with Crippen molar-refractivity contribution in [2.45, 2.75) is 78.4 Å². The van der Waals surface area contributed by atoms with E-state index in [9.17, 15) is 14.7 Å². The summed E-state index contributed by atoms with van der Waals surface area (Å²) in [6.07, 6.45) is 3.28. The number of esters is 1. The molecular weight excluding hydrogens is 386 g/mol. The fourth-order valence-corrected chi connectivity index (χ4v) is 3.22. The molecule has 7 heteroatoms. The molecule has 0 fully saturated rings. The molecule has 1 atom stereocenters. The number of phenols is 1. The number of amides is 1. The summed E-state index contributed by atoms with van der Waals surface area (Å²) in [6, 6.07) is 1.65. The Morgan fingerprint density at radius 3 is 2.23 bits per heavy atom. The van der Waals surface area contributed by atoms with Crippen LogP contribution in [0.25, 0.3) is 0 Å². The van der Waals surface area contributed by atoms with Crippen LogP contribution < -0.4 is 9.64 Å². The van der Waals surface area contributed by atoms with Gasteiger partial charge in [-0.1, -0.05) is 13.0 Å². The Labute approximate surface area is 178 Å². The lowest BCUT2D eigenvalue weighted by Crippen LogP contribution is -2.35. The number of phenolic OH excluding ortho intramolecular Hbond substituents is 1. The van der Waals surface area contributed by atoms with Gasteiger partial charge in [0.2, 0.25) is 0 Å². The Kier molecular flexibility index (Phi) is 6.74. The van der Waals surface area contributed by atoms with E-state index in [-0.39, 0.29) is 30.5 Å². The van der Waals surface area contributed by atoms with Crippen molar-refractivity contribution in [3.05, 3.63) is 29.5 Å². The molecule has 1 aliphatic heterocycles. The molecule has 1 amide bonds. The molecule has 30 heavy (non-hydrogen) atoms. The molecule has 0 bridgehead atoms. The second kappa shape index (κ2) is 8.58. The highest BCUT2D eigenvalue weighted by Gasteiger charge is 2.33. The van der Waals surface area contributed by atoms with Crippen molar-refractivity contribution >= 4 is 17.7 Å². The first-order chi connectivity index (χ1) is 13.7. The van der Waals surface area contributed by atoms with Crippen molar-refractivity contribution in [1.29, 1.82) is 0 Å². The van der Waals surface area contributed by atoms with E-state index in [2.05, 4.69) is 0 Å². The van der Waals surface area contributed by atoms with Gasteiger partial charge in [0.05, 0.1) is 7.11 Å². The van der Waals surface area contributed by atoms with Gasteiger partial charge in [0, 0.05) is 24.1 Å². The first kappa shape index (κ1) is 23.6. The molecule has 1 aromatic carbocycles. The van der Waals surface area contributed by atoms with Gasteiger partial charge in [0.1, 0.15) is 28.4 Å². The summed E-state index contributed by atoms with van der Waals surface area (Å²) in [5.41, 5.74) is 0.321. The third-order valence-electron chi connectivity index (χ3n) is 4.40. The number of rotatable bonds is 4. The first-order valence-corrected chi connectivity index (χ1v) is 10.1. The summed E-state index contributed by atoms with van der Waals surface area (Å²) in [5, 5.41) is 11.0. The largest absolute Gasteiger partial charge is 0.507 e. The highest BCUT2D eigenvalue weighted by Crippen LogP contribution is 2.47. The fourth-order valence-electron chi connectivity index (χ4n) is 3.22. The second-order valence-electron chi connectivity index (χ2n) is 9.42. The average Bonchev–Trinajstić information content (AvgIpc) is 2.58. The summed E-state index contributed by atoms with van der Waals surface area (Å²) in [7, 11) is 1.50. The number of aryl methyl sites for hydroxylation is 1. The van der Waals surface area contributed by atoms with E-state index in [0.717, 1.165) is 0 Å². The van der Waals surface area contributed by atoms with Crippen molar-refractivity contribution in [2.24, 2.45) is 0 Å². The number of nitrogens with zero attached hydrogens (tertiary/aromatic N) is 1. The van der Waals surface area contributed by atoms with Gasteiger partial charge in [0.15, 0.2) is 0 Å². The summed E-state index contributed by atoms with van der Waals surface area (Å²) in [5.74, 6) is -0.0419. The van der Waals surface area contributed by atoms with Gasteiger partial charge in [-0.2, -0.15) is 0 Å². The van der Waals surface area contributed by atoms with Crippen LogP contribution in [0, 0.1) is 0 Å². The number of aromatic hydroxyl groups is 1. The van der Waals surface area contributed by atoms with Gasteiger partial charge in [0.25, 0.3) is 0 Å². The average molecular weight is 420 g/mol. The maximum Gasteiger partial charge on any atom is 0.419 e. The van der Waals surface area contributed by atoms with Gasteiger partial charge in [-0.25, -0.2) is 9.69 Å². The summed E-state index contributed by atoms with van der Waals surface area (Å²) < 4.78 is 16.4. The van der Waals surface area contributed by atoms with Crippen molar-refractivity contribution in [1.82, 2.24) is 0 Å². The van der Waals surface area contributed by atoms with Crippen LogP contribution in [0.15, 0.2) is 18.3 Å². The topological polar surface area (TPSA) is 85.3 Å². The van der Waals surface area contributed by atoms with Crippen LogP contribution in [-0.2, 0) is 20.7 Å². The molecule has 0 saturated heterocycles. The molecule has 1 aromatic rings. The molecule has 7 nitrogen and oxygen atoms in total. The predicted octanol–water partition coefficient (Wildman–Crippen LogP) is 5.05. The molecule has 0 radical (unpaired) electrons. The first-order valence-electron chi connectivity index (χ1n) is 10.1. The van der Waals surface area contributed by atoms with Crippen LogP contribution in [0.1, 0.15) is 71.9 Å². The van der Waals surface area contributed by atoms with E-state index in [1.807, 2.05) is 33.8 Å². The number of methoxy groups -OCH3 is 1. The number of carbonyl (C=O) groups is 2. The standard InChI is InChI=1S/C23H33NO6/c1-14-11-12-24(21(27)30-23(5,6)7)19-16(28-8)13-15(20(26)18(14)19)9-10-17(25)29-22(2,3)4/h11-14,26H,9-10H2,1-8H3. The highest BCUT2D eigenvalue weighted by molar-refractivity contribution is 5.95. The van der Waals surface area contributed by atoms with Crippen LogP contribution >= 0.6 is 0 Å². The van der Waals surface area contributed by atoms with E-state index < -0.39 is 17.3 Å². The van der Waals surface area contributed by atoms with Crippen LogP contribution in [0.3, 0.4) is 0 Å². The zero-order chi connectivity index (χ0) is 22.9. The minimum absolute atomic E-state index is 0.0415. The fraction of sp³-hybridized carbons (Fsp3) is 0.565. The number of benzene rings is 1. The van der Waals surface area contributed by atoms with Crippen LogP contribution in [0.2, 0.25) is 0 Å². The minimum atomic E-state index is -0.670. The molecular formula is C23H33NO6. The maximum atomic E-state index is 12.7. The van der Waals surface area contributed by atoms with Crippen molar-refractivity contribution in [3.63, 3.8) is 0 Å². The Balaban J connectivity index is 2.41. The van der Waals surface area contributed by atoms with Crippen LogP contribution in [-0.4, -0.2) is 35.5 Å². The van der Waals surface area contributed by atoms with Crippen molar-refractivity contribution in [2.75, 3.05) is 12.0 Å². The number of anilines is 1. The summed E-state index contributed by atoms with van der Waals surface area (Å²) in [6.45, 7) is 12.7. The maximum absolute atomic E-state index is 12.7. The smallest absolute Gasteiger partial charge is 0.419 e. The highest BCUT2D eigenvalue weighted by atomic mass is 16.6. The van der Waals surface area contributed by atoms with Gasteiger partial charge < -0.3 is 19.3 Å². The molecule has 0 aromatic heterocycles. The molecule has 166 valence electrons. The van der Waals surface area contributed by atoms with Gasteiger partial charge in [-0.05, 0) is 59.6 Å². The molecule has 0 aliphatic carbocycles. The van der Waals surface area contributed by atoms with E-state index in [4.69, 9.17) is 14.2 Å². The zero-order valence-corrected chi connectivity index (χ0v) is 19.2. The number of ether oxygens (including phenoxy) is 3. The Bertz CT molecular complexity index is 845. The van der Waals surface area contributed by atoms with Crippen LogP contribution in [0.4, 0.5) is 10.5 Å². The molecule has 0 saturated carbocycles. The van der Waals surface area contributed by atoms with E-state index in [0.29, 0.717) is 22.6 Å². The van der Waals surface area contributed by atoms with Gasteiger partial charge in [-0.15, -0.1) is 0 Å². The molecule has 0 spiro atoms. The quantitative estimate of drug-likeness (QED) is 0.688. The number of hydrogen-bond donors (Lipinski definition) is 1. The summed E-state index contributed by atoms with van der Waals surface area (Å²) >= 11 is 0. The van der Waals surface area contributed by atoms with E-state index >= 15 is 0 Å². The lowest BCUT2D eigenvalue weighted by atomic mass is 9.90. The SMILES string of the molecule is COc1cc(CCC(=O)OC(C)(C)C)c(O)c2c1N(C(=O)OC(C)(C)C)C=CC2C. The molecule has 2 rings (SSSR count). The van der Waals surface area contributed by atoms with Crippen molar-refractivity contribution < 1.29 is 28.9 Å². The van der Waals surface area contributed by atoms with Crippen LogP contribution in [0.5, 0.6) is 11.5 Å². The van der Waals surface area contributed by atoms with Gasteiger partial charge >= 0.3 is 12.1 Å². The minimum Gasteiger partial charge on any atom is -0.507 e. The van der Waals surface area contributed by atoms with E-state index in [1.54, 1.807) is 33.0 Å². The Hall–Kier alpha value is -2.70. The number of hydrogen-bond acceptors (Lipinski definition) is 6. The third-order valence-corrected chi connectivity index (χ3v) is 4.40. The third kappa shape index (κ3) is 5.68. The Morgan fingerprint density at radius 1 is 1.10 bits per heavy atom. The Morgan fingerprint density at radius 2 is 1.70 bits per heavy atom. The molecule has 1 heterocycles. The zero-order valence-electron chi connectivity index (χ0n) is 19.2. The number of allylic oxidation sites excluding steroid dienone is 1. The lowest BCUT2D eigenvalue weighted by molar-refractivity contribution is -0.154. The summed E-state index contributed by atoms with van der Waals surface area (Å²) in [4.78, 5) is 26.2. The number of carbonyl (C=O) groups excluding carboxylic acids is 2.